The number of hydrogen-bond donors (Lipinski definition) is 2. The first-order valence-electron chi connectivity index (χ1n) is 7.64. The van der Waals surface area contributed by atoms with Crippen LogP contribution in [0.3, 0.4) is 0 Å². The molecule has 0 spiro atoms. The summed E-state index contributed by atoms with van der Waals surface area (Å²) in [6.07, 6.45) is 1.54. The predicted molar refractivity (Wildman–Crippen MR) is 93.2 cm³/mol. The van der Waals surface area contributed by atoms with E-state index in [2.05, 4.69) is 15.3 Å². The van der Waals surface area contributed by atoms with Gasteiger partial charge in [-0.2, -0.15) is 0 Å². The topological polar surface area (TPSA) is 75.1 Å². The van der Waals surface area contributed by atoms with Crippen LogP contribution in [0.25, 0.3) is 11.3 Å². The minimum absolute atomic E-state index is 0.0131. The second-order valence-electron chi connectivity index (χ2n) is 5.56. The molecule has 0 radical (unpaired) electrons. The van der Waals surface area contributed by atoms with Gasteiger partial charge in [-0.1, -0.05) is 6.07 Å². The van der Waals surface area contributed by atoms with Crippen LogP contribution in [-0.4, -0.2) is 27.9 Å². The average molecular weight is 337 g/mol. The smallest absolute Gasteiger partial charge is 0.222 e. The molecule has 0 aliphatic rings. The summed E-state index contributed by atoms with van der Waals surface area (Å²) in [5.74, 6) is -0.666. The Balaban J connectivity index is 2.05. The van der Waals surface area contributed by atoms with Gasteiger partial charge in [-0.25, -0.2) is 14.4 Å². The van der Waals surface area contributed by atoms with Crippen molar-refractivity contribution in [1.29, 1.82) is 0 Å². The molecule has 25 heavy (non-hydrogen) atoms. The number of ketones is 1. The standard InChI is InChI=1S/C19H16FN3O2/c1-11-3-5-13(15(20)9-11)18(25)12-4-6-17(24)14(10-12)16-7-8-22-19(21-2)23-16/h3-10,24H,1-2H3,(H,21,22,23). The lowest BCUT2D eigenvalue weighted by atomic mass is 9.98. The van der Waals surface area contributed by atoms with Crippen molar-refractivity contribution < 1.29 is 14.3 Å². The number of aromatic hydroxyl groups is 1. The quantitative estimate of drug-likeness (QED) is 0.712. The molecule has 126 valence electrons. The number of phenolic OH excluding ortho intramolecular Hbond substituents is 1. The van der Waals surface area contributed by atoms with Gasteiger partial charge >= 0.3 is 0 Å². The fourth-order valence-corrected chi connectivity index (χ4v) is 2.47. The zero-order chi connectivity index (χ0) is 18.0. The molecule has 0 unspecified atom stereocenters. The summed E-state index contributed by atoms with van der Waals surface area (Å²) >= 11 is 0. The summed E-state index contributed by atoms with van der Waals surface area (Å²) in [6.45, 7) is 1.75. The van der Waals surface area contributed by atoms with E-state index in [4.69, 9.17) is 0 Å². The van der Waals surface area contributed by atoms with Crippen LogP contribution in [0.2, 0.25) is 0 Å². The van der Waals surface area contributed by atoms with Gasteiger partial charge in [0.2, 0.25) is 5.95 Å². The molecule has 2 N–H and O–H groups in total. The monoisotopic (exact) mass is 337 g/mol. The molecule has 3 rings (SSSR count). The van der Waals surface area contributed by atoms with E-state index in [0.717, 1.165) is 5.56 Å². The van der Waals surface area contributed by atoms with Gasteiger partial charge in [-0.15, -0.1) is 0 Å². The van der Waals surface area contributed by atoms with E-state index in [1.807, 2.05) is 0 Å². The van der Waals surface area contributed by atoms with Crippen molar-refractivity contribution in [3.63, 3.8) is 0 Å². The molecular weight excluding hydrogens is 321 g/mol. The number of anilines is 1. The maximum Gasteiger partial charge on any atom is 0.222 e. The molecule has 5 nitrogen and oxygen atoms in total. The Bertz CT molecular complexity index is 957. The Hall–Kier alpha value is -3.28. The van der Waals surface area contributed by atoms with Gasteiger partial charge in [0.25, 0.3) is 0 Å². The van der Waals surface area contributed by atoms with Crippen molar-refractivity contribution in [3.8, 4) is 17.0 Å². The number of halogens is 1. The second kappa shape index (κ2) is 6.68. The number of carbonyl (C=O) groups is 1. The second-order valence-corrected chi connectivity index (χ2v) is 5.56. The van der Waals surface area contributed by atoms with Crippen molar-refractivity contribution in [2.45, 2.75) is 6.92 Å². The highest BCUT2D eigenvalue weighted by Gasteiger charge is 2.17. The number of nitrogens with one attached hydrogen (secondary N) is 1. The van der Waals surface area contributed by atoms with E-state index in [-0.39, 0.29) is 16.9 Å². The molecule has 1 aromatic heterocycles. The molecule has 6 heteroatoms. The minimum Gasteiger partial charge on any atom is -0.507 e. The van der Waals surface area contributed by atoms with Gasteiger partial charge in [-0.3, -0.25) is 4.79 Å². The molecule has 1 heterocycles. The van der Waals surface area contributed by atoms with Crippen LogP contribution in [0.4, 0.5) is 10.3 Å². The fraction of sp³-hybridized carbons (Fsp3) is 0.105. The summed E-state index contributed by atoms with van der Waals surface area (Å²) in [4.78, 5) is 20.9. The summed E-state index contributed by atoms with van der Waals surface area (Å²) < 4.78 is 14.1. The van der Waals surface area contributed by atoms with E-state index < -0.39 is 11.6 Å². The van der Waals surface area contributed by atoms with Gasteiger partial charge < -0.3 is 10.4 Å². The summed E-state index contributed by atoms with van der Waals surface area (Å²) in [5, 5.41) is 12.9. The first-order chi connectivity index (χ1) is 12.0. The SMILES string of the molecule is CNc1nccc(-c2cc(C(=O)c3ccc(C)cc3F)ccc2O)n1. The number of aromatic nitrogens is 2. The Morgan fingerprint density at radius 1 is 1.16 bits per heavy atom. The molecule has 2 aromatic carbocycles. The van der Waals surface area contributed by atoms with Crippen molar-refractivity contribution in [3.05, 3.63) is 71.2 Å². The number of nitrogens with zero attached hydrogens (tertiary/aromatic N) is 2. The Morgan fingerprint density at radius 3 is 2.68 bits per heavy atom. The number of phenols is 1. The summed E-state index contributed by atoms with van der Waals surface area (Å²) in [6, 6.07) is 10.4. The van der Waals surface area contributed by atoms with E-state index in [1.54, 1.807) is 32.3 Å². The molecular formula is C19H16FN3O2. The van der Waals surface area contributed by atoms with Gasteiger partial charge in [0.05, 0.1) is 11.3 Å². The number of hydrogen-bond acceptors (Lipinski definition) is 5. The Kier molecular flexibility index (Phi) is 4.43. The third kappa shape index (κ3) is 3.33. The zero-order valence-electron chi connectivity index (χ0n) is 13.7. The first kappa shape index (κ1) is 16.6. The highest BCUT2D eigenvalue weighted by Crippen LogP contribution is 2.30. The Labute approximate surface area is 144 Å². The molecule has 0 saturated heterocycles. The normalized spacial score (nSPS) is 10.5. The third-order valence-corrected chi connectivity index (χ3v) is 3.78. The van der Waals surface area contributed by atoms with Crippen molar-refractivity contribution >= 4 is 11.7 Å². The van der Waals surface area contributed by atoms with Crippen molar-refractivity contribution in [1.82, 2.24) is 9.97 Å². The first-order valence-corrected chi connectivity index (χ1v) is 7.64. The van der Waals surface area contributed by atoms with Crippen molar-refractivity contribution in [2.24, 2.45) is 0 Å². The van der Waals surface area contributed by atoms with E-state index >= 15 is 0 Å². The fourth-order valence-electron chi connectivity index (χ4n) is 2.47. The van der Waals surface area contributed by atoms with Crippen LogP contribution in [0.1, 0.15) is 21.5 Å². The van der Waals surface area contributed by atoms with Crippen LogP contribution in [-0.2, 0) is 0 Å². The van der Waals surface area contributed by atoms with Gasteiger partial charge in [0, 0.05) is 24.4 Å². The molecule has 0 aliphatic heterocycles. The number of aryl methyl sites for hydroxylation is 1. The lowest BCUT2D eigenvalue weighted by Crippen LogP contribution is -2.05. The highest BCUT2D eigenvalue weighted by molar-refractivity contribution is 6.09. The molecule has 0 atom stereocenters. The minimum atomic E-state index is -0.570. The maximum absolute atomic E-state index is 14.1. The number of benzene rings is 2. The highest BCUT2D eigenvalue weighted by atomic mass is 19.1. The Morgan fingerprint density at radius 2 is 1.96 bits per heavy atom. The zero-order valence-corrected chi connectivity index (χ0v) is 13.7. The van der Waals surface area contributed by atoms with Crippen LogP contribution < -0.4 is 5.32 Å². The van der Waals surface area contributed by atoms with Gasteiger partial charge in [0.1, 0.15) is 11.6 Å². The van der Waals surface area contributed by atoms with Crippen molar-refractivity contribution in [2.75, 3.05) is 12.4 Å². The van der Waals surface area contributed by atoms with Crippen LogP contribution in [0, 0.1) is 12.7 Å². The molecule has 0 bridgehead atoms. The lowest BCUT2D eigenvalue weighted by Gasteiger charge is -2.09. The van der Waals surface area contributed by atoms with E-state index in [9.17, 15) is 14.3 Å². The maximum atomic E-state index is 14.1. The summed E-state index contributed by atoms with van der Waals surface area (Å²) in [7, 11) is 1.68. The number of carbonyl (C=O) groups excluding carboxylic acids is 1. The molecule has 0 saturated carbocycles. The van der Waals surface area contributed by atoms with Gasteiger partial charge in [0.15, 0.2) is 5.78 Å². The van der Waals surface area contributed by atoms with Gasteiger partial charge in [-0.05, 0) is 48.9 Å². The lowest BCUT2D eigenvalue weighted by molar-refractivity contribution is 0.103. The van der Waals surface area contributed by atoms with Crippen LogP contribution in [0.15, 0.2) is 48.7 Å². The van der Waals surface area contributed by atoms with E-state index in [1.165, 1.54) is 30.3 Å². The predicted octanol–water partition coefficient (Wildman–Crippen LogP) is 3.57. The largest absolute Gasteiger partial charge is 0.507 e. The number of rotatable bonds is 4. The third-order valence-electron chi connectivity index (χ3n) is 3.78. The molecule has 0 aliphatic carbocycles. The van der Waals surface area contributed by atoms with Crippen LogP contribution in [0.5, 0.6) is 5.75 Å². The summed E-state index contributed by atoms with van der Waals surface area (Å²) in [5.41, 5.74) is 1.81. The molecule has 3 aromatic rings. The van der Waals surface area contributed by atoms with Crippen LogP contribution >= 0.6 is 0 Å². The van der Waals surface area contributed by atoms with E-state index in [0.29, 0.717) is 17.2 Å². The molecule has 0 fully saturated rings. The molecule has 0 amide bonds. The average Bonchev–Trinajstić information content (AvgIpc) is 2.61.